The van der Waals surface area contributed by atoms with E-state index in [0.717, 1.165) is 11.3 Å². The number of hydrogen-bond donors (Lipinski definition) is 2. The number of methoxy groups -OCH3 is 1. The SMILES string of the molecule is CCOc1cc(/C=N\NC(=S)Nc2ccccc2)ccc1OC(=O)c1ccccc1OC. The molecule has 0 aliphatic rings. The number of rotatable bonds is 8. The molecule has 0 saturated heterocycles. The van der Waals surface area contributed by atoms with Gasteiger partial charge in [0.25, 0.3) is 0 Å². The van der Waals surface area contributed by atoms with Gasteiger partial charge >= 0.3 is 5.97 Å². The molecule has 7 nitrogen and oxygen atoms in total. The van der Waals surface area contributed by atoms with Crippen LogP contribution in [-0.4, -0.2) is 31.0 Å². The highest BCUT2D eigenvalue weighted by Crippen LogP contribution is 2.30. The van der Waals surface area contributed by atoms with Crippen molar-refractivity contribution < 1.29 is 19.0 Å². The monoisotopic (exact) mass is 449 g/mol. The Morgan fingerprint density at radius 2 is 1.75 bits per heavy atom. The molecule has 0 amide bonds. The standard InChI is InChI=1S/C24H23N3O4S/c1-3-30-22-15-17(16-25-27-24(32)26-18-9-5-4-6-10-18)13-14-21(22)31-23(28)19-11-7-8-12-20(19)29-2/h4-16H,3H2,1-2H3,(H2,26,27,32)/b25-16-. The molecule has 0 aromatic heterocycles. The zero-order valence-corrected chi connectivity index (χ0v) is 18.5. The molecule has 0 radical (unpaired) electrons. The number of carbonyl (C=O) groups is 1. The lowest BCUT2D eigenvalue weighted by molar-refractivity contribution is 0.0725. The van der Waals surface area contributed by atoms with Crippen molar-refractivity contribution in [1.82, 2.24) is 5.43 Å². The molecule has 0 fully saturated rings. The minimum Gasteiger partial charge on any atom is -0.496 e. The minimum atomic E-state index is -0.538. The summed E-state index contributed by atoms with van der Waals surface area (Å²) in [5.74, 6) is 0.619. The van der Waals surface area contributed by atoms with E-state index in [1.807, 2.05) is 37.3 Å². The highest BCUT2D eigenvalue weighted by Gasteiger charge is 2.16. The van der Waals surface area contributed by atoms with Gasteiger partial charge in [-0.3, -0.25) is 5.43 Å². The molecule has 8 heteroatoms. The Hall–Kier alpha value is -3.91. The van der Waals surface area contributed by atoms with Gasteiger partial charge in [-0.2, -0.15) is 5.10 Å². The van der Waals surface area contributed by atoms with Crippen LogP contribution in [0.15, 0.2) is 77.9 Å². The summed E-state index contributed by atoms with van der Waals surface area (Å²) in [6.07, 6.45) is 1.59. The fourth-order valence-electron chi connectivity index (χ4n) is 2.77. The molecule has 0 spiro atoms. The third-order valence-electron chi connectivity index (χ3n) is 4.21. The second-order valence-corrected chi connectivity index (χ2v) is 6.83. The van der Waals surface area contributed by atoms with Crippen molar-refractivity contribution in [3.8, 4) is 17.2 Å². The second kappa shape index (κ2) is 11.5. The minimum absolute atomic E-state index is 0.300. The van der Waals surface area contributed by atoms with Crippen molar-refractivity contribution in [1.29, 1.82) is 0 Å². The molecule has 0 heterocycles. The van der Waals surface area contributed by atoms with Gasteiger partial charge in [0, 0.05) is 5.69 Å². The number of nitrogens with one attached hydrogen (secondary N) is 2. The van der Waals surface area contributed by atoms with E-state index in [9.17, 15) is 4.79 Å². The summed E-state index contributed by atoms with van der Waals surface area (Å²) >= 11 is 5.23. The molecule has 3 aromatic rings. The predicted octanol–water partition coefficient (Wildman–Crippen LogP) is 4.63. The van der Waals surface area contributed by atoms with Crippen LogP contribution in [0.3, 0.4) is 0 Å². The van der Waals surface area contributed by atoms with Crippen molar-refractivity contribution >= 4 is 35.2 Å². The zero-order chi connectivity index (χ0) is 22.8. The number of hydrazone groups is 1. The van der Waals surface area contributed by atoms with E-state index >= 15 is 0 Å². The first-order valence-electron chi connectivity index (χ1n) is 9.88. The van der Waals surface area contributed by atoms with E-state index in [4.69, 9.17) is 26.4 Å². The first-order valence-corrected chi connectivity index (χ1v) is 10.3. The molecule has 32 heavy (non-hydrogen) atoms. The van der Waals surface area contributed by atoms with Crippen LogP contribution in [0.25, 0.3) is 0 Å². The third kappa shape index (κ3) is 6.29. The summed E-state index contributed by atoms with van der Waals surface area (Å²) in [6, 6.07) is 21.5. The van der Waals surface area contributed by atoms with Gasteiger partial charge in [-0.05, 0) is 67.2 Å². The molecule has 0 aliphatic heterocycles. The van der Waals surface area contributed by atoms with Crippen molar-refractivity contribution in [2.24, 2.45) is 5.10 Å². The Labute approximate surface area is 192 Å². The average molecular weight is 450 g/mol. The first-order chi connectivity index (χ1) is 15.6. The molecule has 0 bridgehead atoms. The van der Waals surface area contributed by atoms with Crippen molar-refractivity contribution in [2.45, 2.75) is 6.92 Å². The van der Waals surface area contributed by atoms with Gasteiger partial charge in [0.15, 0.2) is 16.6 Å². The average Bonchev–Trinajstić information content (AvgIpc) is 2.81. The first kappa shape index (κ1) is 22.8. The maximum atomic E-state index is 12.6. The zero-order valence-electron chi connectivity index (χ0n) is 17.7. The van der Waals surface area contributed by atoms with Gasteiger partial charge < -0.3 is 19.5 Å². The summed E-state index contributed by atoms with van der Waals surface area (Å²) in [5, 5.41) is 7.53. The van der Waals surface area contributed by atoms with Gasteiger partial charge in [0.1, 0.15) is 11.3 Å². The smallest absolute Gasteiger partial charge is 0.347 e. The molecule has 0 unspecified atom stereocenters. The molecule has 3 rings (SSSR count). The molecule has 3 aromatic carbocycles. The summed E-state index contributed by atoms with van der Waals surface area (Å²) in [6.45, 7) is 2.25. The Kier molecular flexibility index (Phi) is 8.16. The van der Waals surface area contributed by atoms with E-state index in [-0.39, 0.29) is 0 Å². The Bertz CT molecular complexity index is 1100. The lowest BCUT2D eigenvalue weighted by atomic mass is 10.2. The number of hydrogen-bond acceptors (Lipinski definition) is 6. The van der Waals surface area contributed by atoms with Crippen LogP contribution in [-0.2, 0) is 0 Å². The summed E-state index contributed by atoms with van der Waals surface area (Å²) in [4.78, 5) is 12.6. The van der Waals surface area contributed by atoms with Crippen LogP contribution in [0.2, 0.25) is 0 Å². The Morgan fingerprint density at radius 3 is 2.50 bits per heavy atom. The van der Waals surface area contributed by atoms with Crippen LogP contribution in [0, 0.1) is 0 Å². The summed E-state index contributed by atoms with van der Waals surface area (Å²) in [5.41, 5.74) is 4.69. The fourth-order valence-corrected chi connectivity index (χ4v) is 2.94. The van der Waals surface area contributed by atoms with Gasteiger partial charge in [-0.15, -0.1) is 0 Å². The van der Waals surface area contributed by atoms with E-state index in [1.165, 1.54) is 7.11 Å². The number of benzene rings is 3. The molecular weight excluding hydrogens is 426 g/mol. The number of esters is 1. The lowest BCUT2D eigenvalue weighted by Crippen LogP contribution is -2.23. The normalized spacial score (nSPS) is 10.4. The molecule has 0 saturated carbocycles. The van der Waals surface area contributed by atoms with Crippen molar-refractivity contribution in [3.05, 3.63) is 83.9 Å². The third-order valence-corrected chi connectivity index (χ3v) is 4.40. The maximum absolute atomic E-state index is 12.6. The van der Waals surface area contributed by atoms with Crippen LogP contribution in [0.4, 0.5) is 5.69 Å². The lowest BCUT2D eigenvalue weighted by Gasteiger charge is -2.12. The second-order valence-electron chi connectivity index (χ2n) is 6.42. The van der Waals surface area contributed by atoms with Crippen molar-refractivity contribution in [2.75, 3.05) is 19.0 Å². The van der Waals surface area contributed by atoms with Crippen molar-refractivity contribution in [3.63, 3.8) is 0 Å². The summed E-state index contributed by atoms with van der Waals surface area (Å²) < 4.78 is 16.4. The maximum Gasteiger partial charge on any atom is 0.347 e. The number of ether oxygens (including phenoxy) is 3. The number of anilines is 1. The highest BCUT2D eigenvalue weighted by molar-refractivity contribution is 7.80. The van der Waals surface area contributed by atoms with E-state index in [2.05, 4.69) is 15.8 Å². The largest absolute Gasteiger partial charge is 0.496 e. The van der Waals surface area contributed by atoms with Crippen LogP contribution < -0.4 is 25.0 Å². The number of para-hydroxylation sites is 2. The van der Waals surface area contributed by atoms with Crippen LogP contribution in [0.1, 0.15) is 22.8 Å². The van der Waals surface area contributed by atoms with Gasteiger partial charge in [-0.25, -0.2) is 4.79 Å². The topological polar surface area (TPSA) is 81.2 Å². The molecule has 164 valence electrons. The summed E-state index contributed by atoms with van der Waals surface area (Å²) in [7, 11) is 1.50. The van der Waals surface area contributed by atoms with E-state index in [1.54, 1.807) is 48.7 Å². The number of thiocarbonyl (C=S) groups is 1. The van der Waals surface area contributed by atoms with Crippen LogP contribution >= 0.6 is 12.2 Å². The Balaban J connectivity index is 1.68. The van der Waals surface area contributed by atoms with Gasteiger partial charge in [0.2, 0.25) is 0 Å². The highest BCUT2D eigenvalue weighted by atomic mass is 32.1. The molecule has 0 atom stereocenters. The molecule has 2 N–H and O–H groups in total. The fraction of sp³-hybridized carbons (Fsp3) is 0.125. The van der Waals surface area contributed by atoms with Gasteiger partial charge in [0.05, 0.1) is 19.9 Å². The predicted molar refractivity (Wildman–Crippen MR) is 129 cm³/mol. The van der Waals surface area contributed by atoms with Gasteiger partial charge in [-0.1, -0.05) is 30.3 Å². The number of nitrogens with zero attached hydrogens (tertiary/aromatic N) is 1. The van der Waals surface area contributed by atoms with E-state index < -0.39 is 5.97 Å². The Morgan fingerprint density at radius 1 is 1.00 bits per heavy atom. The number of carbonyl (C=O) groups excluding carboxylic acids is 1. The quantitative estimate of drug-likeness (QED) is 0.171. The van der Waals surface area contributed by atoms with E-state index in [0.29, 0.717) is 34.5 Å². The van der Waals surface area contributed by atoms with Crippen LogP contribution in [0.5, 0.6) is 17.2 Å². The molecule has 0 aliphatic carbocycles. The molecular formula is C24H23N3O4S.